The molecule has 0 aliphatic heterocycles. The number of nitrogens with one attached hydrogen (secondary N) is 1. The van der Waals surface area contributed by atoms with Gasteiger partial charge in [-0.3, -0.25) is 10.1 Å². The van der Waals surface area contributed by atoms with E-state index in [0.717, 1.165) is 18.5 Å². The number of amides is 1. The number of carbonyl (C=O) groups excluding carboxylic acids is 1. The summed E-state index contributed by atoms with van der Waals surface area (Å²) in [6.07, 6.45) is 2.04. The molecule has 1 aromatic heterocycles. The molecule has 0 atom stereocenters. The maximum absolute atomic E-state index is 12.2. The van der Waals surface area contributed by atoms with Gasteiger partial charge >= 0.3 is 0 Å². The second-order valence-corrected chi connectivity index (χ2v) is 5.51. The highest BCUT2D eigenvalue weighted by atomic mass is 16.4. The largest absolute Gasteiger partial charge is 0.423 e. The molecule has 1 saturated carbocycles. The Morgan fingerprint density at radius 3 is 2.59 bits per heavy atom. The molecular formula is C16H16N4O2. The van der Waals surface area contributed by atoms with E-state index >= 15 is 0 Å². The van der Waals surface area contributed by atoms with Gasteiger partial charge in [0.2, 0.25) is 17.5 Å². The van der Waals surface area contributed by atoms with Crippen molar-refractivity contribution in [1.29, 1.82) is 5.26 Å². The average Bonchev–Trinajstić information content (AvgIpc) is 3.29. The van der Waals surface area contributed by atoms with E-state index in [9.17, 15) is 4.79 Å². The van der Waals surface area contributed by atoms with Crippen LogP contribution < -0.4 is 10.2 Å². The molecule has 1 aliphatic carbocycles. The van der Waals surface area contributed by atoms with E-state index in [2.05, 4.69) is 10.3 Å². The Hall–Kier alpha value is -2.81. The first-order valence-corrected chi connectivity index (χ1v) is 7.08. The van der Waals surface area contributed by atoms with Crippen LogP contribution in [0.1, 0.15) is 40.7 Å². The van der Waals surface area contributed by atoms with Crippen molar-refractivity contribution in [2.24, 2.45) is 0 Å². The van der Waals surface area contributed by atoms with Crippen molar-refractivity contribution in [3.63, 3.8) is 0 Å². The first kappa shape index (κ1) is 14.1. The molecule has 1 aliphatic rings. The highest BCUT2D eigenvalue weighted by Gasteiger charge is 2.30. The van der Waals surface area contributed by atoms with Gasteiger partial charge in [0.05, 0.1) is 0 Å². The van der Waals surface area contributed by atoms with Crippen molar-refractivity contribution < 1.29 is 9.21 Å². The molecule has 0 unspecified atom stereocenters. The normalized spacial score (nSPS) is 13.5. The Labute approximate surface area is 128 Å². The van der Waals surface area contributed by atoms with E-state index in [4.69, 9.17) is 9.68 Å². The molecule has 1 heterocycles. The lowest BCUT2D eigenvalue weighted by Crippen LogP contribution is -2.13. The summed E-state index contributed by atoms with van der Waals surface area (Å²) in [6.45, 7) is 0. The van der Waals surface area contributed by atoms with Crippen LogP contribution in [0.25, 0.3) is 0 Å². The number of anilines is 2. The van der Waals surface area contributed by atoms with Crippen molar-refractivity contribution in [3.8, 4) is 6.07 Å². The molecule has 3 rings (SSSR count). The monoisotopic (exact) mass is 296 g/mol. The van der Waals surface area contributed by atoms with Crippen LogP contribution in [-0.2, 0) is 0 Å². The maximum Gasteiger partial charge on any atom is 0.258 e. The van der Waals surface area contributed by atoms with Gasteiger partial charge < -0.3 is 9.32 Å². The number of rotatable bonds is 4. The van der Waals surface area contributed by atoms with Crippen molar-refractivity contribution >= 4 is 17.5 Å². The minimum Gasteiger partial charge on any atom is -0.423 e. The van der Waals surface area contributed by atoms with Crippen LogP contribution in [0.3, 0.4) is 0 Å². The molecule has 0 radical (unpaired) electrons. The number of nitrogens with zero attached hydrogens (tertiary/aromatic N) is 3. The van der Waals surface area contributed by atoms with Gasteiger partial charge in [-0.1, -0.05) is 0 Å². The number of benzene rings is 1. The summed E-state index contributed by atoms with van der Waals surface area (Å²) in [5.74, 6) is 0.637. The van der Waals surface area contributed by atoms with Gasteiger partial charge in [-0.2, -0.15) is 5.26 Å². The molecule has 1 amide bonds. The summed E-state index contributed by atoms with van der Waals surface area (Å²) in [5, 5.41) is 11.7. The van der Waals surface area contributed by atoms with Crippen LogP contribution in [0, 0.1) is 11.3 Å². The van der Waals surface area contributed by atoms with E-state index in [1.807, 2.05) is 37.2 Å². The quantitative estimate of drug-likeness (QED) is 0.938. The second-order valence-electron chi connectivity index (χ2n) is 5.51. The summed E-state index contributed by atoms with van der Waals surface area (Å²) < 4.78 is 5.51. The highest BCUT2D eigenvalue weighted by molar-refractivity contribution is 6.04. The predicted octanol–water partition coefficient (Wildman–Crippen LogP) is 2.74. The Morgan fingerprint density at radius 1 is 1.36 bits per heavy atom. The lowest BCUT2D eigenvalue weighted by Gasteiger charge is -2.12. The molecule has 0 saturated heterocycles. The number of hydrogen-bond donors (Lipinski definition) is 1. The summed E-state index contributed by atoms with van der Waals surface area (Å²) in [4.78, 5) is 18.3. The molecule has 1 N–H and O–H groups in total. The lowest BCUT2D eigenvalue weighted by molar-refractivity contribution is 0.102. The molecule has 1 aromatic carbocycles. The third-order valence-electron chi connectivity index (χ3n) is 3.55. The SMILES string of the molecule is CN(C)c1ccc(C(=O)Nc2oc(C3CC3)nc2C#N)cc1. The van der Waals surface area contributed by atoms with E-state index in [0.29, 0.717) is 11.5 Å². The molecule has 112 valence electrons. The summed E-state index contributed by atoms with van der Waals surface area (Å²) >= 11 is 0. The number of aromatic nitrogens is 1. The molecule has 0 bridgehead atoms. The topological polar surface area (TPSA) is 82.2 Å². The zero-order chi connectivity index (χ0) is 15.7. The number of nitriles is 1. The summed E-state index contributed by atoms with van der Waals surface area (Å²) in [5.41, 5.74) is 1.63. The van der Waals surface area contributed by atoms with Crippen LogP contribution in [0.2, 0.25) is 0 Å². The Bertz CT molecular complexity index is 736. The predicted molar refractivity (Wildman–Crippen MR) is 81.9 cm³/mol. The van der Waals surface area contributed by atoms with Crippen LogP contribution in [0.5, 0.6) is 0 Å². The van der Waals surface area contributed by atoms with Gasteiger partial charge in [0.25, 0.3) is 5.91 Å². The van der Waals surface area contributed by atoms with E-state index < -0.39 is 0 Å². The molecule has 6 heteroatoms. The Kier molecular flexibility index (Phi) is 3.55. The van der Waals surface area contributed by atoms with Gasteiger partial charge in [0, 0.05) is 31.3 Å². The van der Waals surface area contributed by atoms with Gasteiger partial charge in [-0.05, 0) is 37.1 Å². The van der Waals surface area contributed by atoms with Crippen LogP contribution in [0.15, 0.2) is 28.7 Å². The van der Waals surface area contributed by atoms with E-state index in [1.54, 1.807) is 12.1 Å². The van der Waals surface area contributed by atoms with E-state index in [1.165, 1.54) is 0 Å². The molecule has 0 spiro atoms. The van der Waals surface area contributed by atoms with Crippen LogP contribution in [0.4, 0.5) is 11.6 Å². The highest BCUT2D eigenvalue weighted by Crippen LogP contribution is 2.40. The third kappa shape index (κ3) is 2.79. The fourth-order valence-electron chi connectivity index (χ4n) is 2.09. The van der Waals surface area contributed by atoms with Gasteiger partial charge in [0.15, 0.2) is 0 Å². The minimum absolute atomic E-state index is 0.125. The fraction of sp³-hybridized carbons (Fsp3) is 0.312. The van der Waals surface area contributed by atoms with Gasteiger partial charge in [0.1, 0.15) is 6.07 Å². The zero-order valence-electron chi connectivity index (χ0n) is 12.5. The third-order valence-corrected chi connectivity index (χ3v) is 3.55. The van der Waals surface area contributed by atoms with Crippen molar-refractivity contribution in [3.05, 3.63) is 41.4 Å². The molecule has 22 heavy (non-hydrogen) atoms. The summed E-state index contributed by atoms with van der Waals surface area (Å²) in [6, 6.07) is 9.13. The molecule has 6 nitrogen and oxygen atoms in total. The zero-order valence-corrected chi connectivity index (χ0v) is 12.5. The second kappa shape index (κ2) is 5.53. The number of carbonyl (C=O) groups is 1. The fourth-order valence-corrected chi connectivity index (χ4v) is 2.09. The minimum atomic E-state index is -0.319. The summed E-state index contributed by atoms with van der Waals surface area (Å²) in [7, 11) is 3.87. The van der Waals surface area contributed by atoms with Gasteiger partial charge in [-0.25, -0.2) is 4.98 Å². The smallest absolute Gasteiger partial charge is 0.258 e. The first-order valence-electron chi connectivity index (χ1n) is 7.08. The number of hydrogen-bond acceptors (Lipinski definition) is 5. The Balaban J connectivity index is 1.77. The Morgan fingerprint density at radius 2 is 2.05 bits per heavy atom. The molecular weight excluding hydrogens is 280 g/mol. The average molecular weight is 296 g/mol. The first-order chi connectivity index (χ1) is 10.6. The standard InChI is InChI=1S/C16H16N4O2/c1-20(2)12-7-5-10(6-8-12)14(21)19-16-13(9-17)18-15(22-16)11-3-4-11/h5-8,11H,3-4H2,1-2H3,(H,19,21). The van der Waals surface area contributed by atoms with Gasteiger partial charge in [-0.15, -0.1) is 0 Å². The van der Waals surface area contributed by atoms with Crippen LogP contribution in [-0.4, -0.2) is 25.0 Å². The van der Waals surface area contributed by atoms with Crippen molar-refractivity contribution in [2.45, 2.75) is 18.8 Å². The van der Waals surface area contributed by atoms with Crippen LogP contribution >= 0.6 is 0 Å². The maximum atomic E-state index is 12.2. The lowest BCUT2D eigenvalue weighted by atomic mass is 10.2. The van der Waals surface area contributed by atoms with Crippen molar-refractivity contribution in [1.82, 2.24) is 4.98 Å². The number of oxazole rings is 1. The van der Waals surface area contributed by atoms with Crippen molar-refractivity contribution in [2.75, 3.05) is 24.3 Å². The molecule has 1 fully saturated rings. The molecule has 2 aromatic rings. The van der Waals surface area contributed by atoms with E-state index in [-0.39, 0.29) is 23.4 Å².